The molecular weight excluding hydrogens is 373 g/mol. The van der Waals surface area contributed by atoms with Gasteiger partial charge < -0.3 is 5.73 Å². The van der Waals surface area contributed by atoms with E-state index < -0.39 is 11.6 Å². The molecule has 0 aliphatic rings. The van der Waals surface area contributed by atoms with Gasteiger partial charge in [-0.1, -0.05) is 11.6 Å². The molecule has 0 aliphatic heterocycles. The molecule has 0 aliphatic carbocycles. The van der Waals surface area contributed by atoms with Crippen LogP contribution in [0.5, 0.6) is 0 Å². The monoisotopic (exact) mass is 381 g/mol. The van der Waals surface area contributed by atoms with E-state index in [0.29, 0.717) is 9.99 Å². The van der Waals surface area contributed by atoms with Crippen molar-refractivity contribution in [2.75, 3.05) is 5.73 Å². The lowest BCUT2D eigenvalue weighted by atomic mass is 10.0. The van der Waals surface area contributed by atoms with Crippen LogP contribution < -0.4 is 5.73 Å². The van der Waals surface area contributed by atoms with Crippen LogP contribution in [0.25, 0.3) is 10.9 Å². The molecule has 0 bridgehead atoms. The highest BCUT2D eigenvalue weighted by Gasteiger charge is 2.22. The van der Waals surface area contributed by atoms with Gasteiger partial charge >= 0.3 is 0 Å². The zero-order valence-electron chi connectivity index (χ0n) is 11.4. The van der Waals surface area contributed by atoms with E-state index >= 15 is 0 Å². The van der Waals surface area contributed by atoms with Gasteiger partial charge in [-0.15, -0.1) is 0 Å². The number of nitrogen functional groups attached to an aromatic ring is 1. The zero-order valence-corrected chi connectivity index (χ0v) is 13.7. The number of benzene rings is 2. The first-order chi connectivity index (χ1) is 10.4. The Bertz CT molecular complexity index is 923. The SMILES string of the molecule is Cn1cc2cc(N)c(C(=O)c3cc(F)ccc3Cl)c(Br)c2n1. The number of ketones is 1. The van der Waals surface area contributed by atoms with Crippen LogP contribution in [0.2, 0.25) is 5.02 Å². The van der Waals surface area contributed by atoms with Gasteiger partial charge in [-0.3, -0.25) is 9.48 Å². The molecule has 0 unspecified atom stereocenters. The number of aromatic nitrogens is 2. The second kappa shape index (κ2) is 5.37. The molecule has 0 saturated heterocycles. The van der Waals surface area contributed by atoms with E-state index in [1.165, 1.54) is 12.1 Å². The first-order valence-corrected chi connectivity index (χ1v) is 7.46. The van der Waals surface area contributed by atoms with Crippen molar-refractivity contribution in [1.29, 1.82) is 0 Å². The van der Waals surface area contributed by atoms with Crippen LogP contribution in [0.15, 0.2) is 34.9 Å². The second-order valence-corrected chi connectivity index (χ2v) is 6.05. The predicted octanol–water partition coefficient (Wildman–Crippen LogP) is 3.94. The molecule has 0 spiro atoms. The van der Waals surface area contributed by atoms with Crippen molar-refractivity contribution in [1.82, 2.24) is 9.78 Å². The van der Waals surface area contributed by atoms with Crippen molar-refractivity contribution in [2.24, 2.45) is 7.05 Å². The lowest BCUT2D eigenvalue weighted by Crippen LogP contribution is -2.08. The molecule has 1 heterocycles. The summed E-state index contributed by atoms with van der Waals surface area (Å²) >= 11 is 9.38. The predicted molar refractivity (Wildman–Crippen MR) is 87.7 cm³/mol. The molecule has 2 N–H and O–H groups in total. The minimum absolute atomic E-state index is 0.0596. The summed E-state index contributed by atoms with van der Waals surface area (Å²) in [5.41, 5.74) is 7.16. The molecule has 7 heteroatoms. The molecule has 3 aromatic rings. The molecule has 2 aromatic carbocycles. The van der Waals surface area contributed by atoms with E-state index in [9.17, 15) is 9.18 Å². The van der Waals surface area contributed by atoms with Gasteiger partial charge in [-0.25, -0.2) is 4.39 Å². The highest BCUT2D eigenvalue weighted by atomic mass is 79.9. The molecule has 4 nitrogen and oxygen atoms in total. The number of carbonyl (C=O) groups excluding carboxylic acids is 1. The summed E-state index contributed by atoms with van der Waals surface area (Å²) in [7, 11) is 1.77. The van der Waals surface area contributed by atoms with Gasteiger partial charge in [-0.05, 0) is 40.2 Å². The zero-order chi connectivity index (χ0) is 16.0. The number of rotatable bonds is 2. The Morgan fingerprint density at radius 2 is 2.14 bits per heavy atom. The van der Waals surface area contributed by atoms with Gasteiger partial charge in [-0.2, -0.15) is 5.10 Å². The number of anilines is 1. The lowest BCUT2D eigenvalue weighted by molar-refractivity contribution is 0.103. The average Bonchev–Trinajstić information content (AvgIpc) is 2.82. The third-order valence-electron chi connectivity index (χ3n) is 3.28. The van der Waals surface area contributed by atoms with Crippen LogP contribution in [0.1, 0.15) is 15.9 Å². The van der Waals surface area contributed by atoms with Gasteiger partial charge in [0.25, 0.3) is 0 Å². The third-order valence-corrected chi connectivity index (χ3v) is 4.39. The molecule has 0 atom stereocenters. The first-order valence-electron chi connectivity index (χ1n) is 6.29. The number of hydrogen-bond acceptors (Lipinski definition) is 3. The van der Waals surface area contributed by atoms with Crippen LogP contribution in [0.3, 0.4) is 0 Å². The van der Waals surface area contributed by atoms with E-state index in [4.69, 9.17) is 17.3 Å². The fourth-order valence-electron chi connectivity index (χ4n) is 2.30. The Morgan fingerprint density at radius 1 is 1.41 bits per heavy atom. The van der Waals surface area contributed by atoms with Gasteiger partial charge in [0.15, 0.2) is 5.78 Å². The van der Waals surface area contributed by atoms with Crippen molar-refractivity contribution >= 4 is 49.9 Å². The summed E-state index contributed by atoms with van der Waals surface area (Å²) in [6.07, 6.45) is 1.79. The highest BCUT2D eigenvalue weighted by Crippen LogP contribution is 2.34. The summed E-state index contributed by atoms with van der Waals surface area (Å²) in [4.78, 5) is 12.7. The minimum Gasteiger partial charge on any atom is -0.398 e. The number of carbonyl (C=O) groups is 1. The van der Waals surface area contributed by atoms with Crippen molar-refractivity contribution < 1.29 is 9.18 Å². The minimum atomic E-state index is -0.540. The second-order valence-electron chi connectivity index (χ2n) is 4.85. The van der Waals surface area contributed by atoms with Crippen LogP contribution in [0.4, 0.5) is 10.1 Å². The summed E-state index contributed by atoms with van der Waals surface area (Å²) in [5, 5.41) is 5.25. The van der Waals surface area contributed by atoms with Crippen LogP contribution >= 0.6 is 27.5 Å². The van der Waals surface area contributed by atoms with Crippen molar-refractivity contribution in [3.8, 4) is 0 Å². The summed E-state index contributed by atoms with van der Waals surface area (Å²) < 4.78 is 15.5. The summed E-state index contributed by atoms with van der Waals surface area (Å²) in [5.74, 6) is -0.997. The van der Waals surface area contributed by atoms with Crippen molar-refractivity contribution in [3.63, 3.8) is 0 Å². The number of halogens is 3. The Kier molecular flexibility index (Phi) is 3.66. The summed E-state index contributed by atoms with van der Waals surface area (Å²) in [6, 6.07) is 5.29. The molecule has 112 valence electrons. The van der Waals surface area contributed by atoms with E-state index in [2.05, 4.69) is 21.0 Å². The van der Waals surface area contributed by atoms with E-state index in [1.54, 1.807) is 24.0 Å². The molecule has 0 amide bonds. The normalized spacial score (nSPS) is 11.1. The van der Waals surface area contributed by atoms with Crippen molar-refractivity contribution in [2.45, 2.75) is 0 Å². The Morgan fingerprint density at radius 3 is 2.86 bits per heavy atom. The fourth-order valence-corrected chi connectivity index (χ4v) is 3.23. The number of nitrogens with zero attached hydrogens (tertiary/aromatic N) is 2. The molecule has 3 rings (SSSR count). The number of aryl methyl sites for hydroxylation is 1. The fraction of sp³-hybridized carbons (Fsp3) is 0.0667. The van der Waals surface area contributed by atoms with E-state index in [0.717, 1.165) is 11.5 Å². The lowest BCUT2D eigenvalue weighted by Gasteiger charge is -2.09. The van der Waals surface area contributed by atoms with Crippen LogP contribution in [-0.4, -0.2) is 15.6 Å². The molecule has 1 aromatic heterocycles. The maximum absolute atomic E-state index is 13.4. The third kappa shape index (κ3) is 2.38. The topological polar surface area (TPSA) is 60.9 Å². The average molecular weight is 383 g/mol. The Labute approximate surface area is 138 Å². The maximum atomic E-state index is 13.4. The Hall–Kier alpha value is -1.92. The highest BCUT2D eigenvalue weighted by molar-refractivity contribution is 9.10. The molecule has 0 saturated carbocycles. The van der Waals surface area contributed by atoms with E-state index in [-0.39, 0.29) is 21.8 Å². The molecule has 22 heavy (non-hydrogen) atoms. The van der Waals surface area contributed by atoms with Gasteiger partial charge in [0.1, 0.15) is 11.3 Å². The van der Waals surface area contributed by atoms with Gasteiger partial charge in [0.2, 0.25) is 0 Å². The van der Waals surface area contributed by atoms with Gasteiger partial charge in [0, 0.05) is 29.9 Å². The van der Waals surface area contributed by atoms with E-state index in [1.807, 2.05) is 0 Å². The molecule has 0 fully saturated rings. The number of nitrogens with two attached hydrogens (primary N) is 1. The summed E-state index contributed by atoms with van der Waals surface area (Å²) in [6.45, 7) is 0. The molecule has 0 radical (unpaired) electrons. The number of hydrogen-bond donors (Lipinski definition) is 1. The molecular formula is C15H10BrClFN3O. The smallest absolute Gasteiger partial charge is 0.197 e. The standard InChI is InChI=1S/C15H10BrClFN3O/c1-21-6-7-4-11(19)12(13(16)14(7)20-21)15(22)9-5-8(18)2-3-10(9)17/h2-6H,19H2,1H3. The van der Waals surface area contributed by atoms with Crippen molar-refractivity contribution in [3.05, 3.63) is 56.9 Å². The van der Waals surface area contributed by atoms with Crippen LogP contribution in [-0.2, 0) is 7.05 Å². The van der Waals surface area contributed by atoms with Crippen LogP contribution in [0, 0.1) is 5.82 Å². The van der Waals surface area contributed by atoms with Gasteiger partial charge in [0.05, 0.1) is 15.1 Å². The first kappa shape index (κ1) is 15.0. The maximum Gasteiger partial charge on any atom is 0.197 e. The Balaban J connectivity index is 2.25. The number of fused-ring (bicyclic) bond motifs is 1. The largest absolute Gasteiger partial charge is 0.398 e. The quantitative estimate of drug-likeness (QED) is 0.539.